The lowest BCUT2D eigenvalue weighted by Crippen LogP contribution is -2.20. The van der Waals surface area contributed by atoms with Crippen LogP contribution in [0.1, 0.15) is 28.4 Å². The molecular formula is C15H10BrFO2. The number of carbonyl (C=O) groups is 1. The molecule has 0 fully saturated rings. The maximum Gasteiger partial charge on any atom is 0.170 e. The number of rotatable bonds is 1. The van der Waals surface area contributed by atoms with Crippen molar-refractivity contribution in [3.8, 4) is 5.75 Å². The molecule has 1 atom stereocenters. The van der Waals surface area contributed by atoms with Gasteiger partial charge in [0.2, 0.25) is 0 Å². The van der Waals surface area contributed by atoms with Gasteiger partial charge in [0, 0.05) is 4.47 Å². The standard InChI is InChI=1S/C15H10BrFO2/c16-10-4-5-12-13(18)8-14(19-15(12)7-10)9-2-1-3-11(17)6-9/h1-7,14H,8H2. The molecule has 0 N–H and O–H groups in total. The molecule has 0 bridgehead atoms. The second-order valence-electron chi connectivity index (χ2n) is 4.43. The SMILES string of the molecule is O=C1CC(c2cccc(F)c2)Oc2cc(Br)ccc21. The molecule has 3 rings (SSSR count). The Morgan fingerprint density at radius 3 is 2.84 bits per heavy atom. The Bertz CT molecular complexity index is 654. The first kappa shape index (κ1) is 12.4. The van der Waals surface area contributed by atoms with Gasteiger partial charge in [-0.15, -0.1) is 0 Å². The molecule has 1 aliphatic rings. The predicted molar refractivity (Wildman–Crippen MR) is 72.9 cm³/mol. The van der Waals surface area contributed by atoms with E-state index in [0.717, 1.165) is 4.47 Å². The summed E-state index contributed by atoms with van der Waals surface area (Å²) in [5.74, 6) is 0.233. The highest BCUT2D eigenvalue weighted by molar-refractivity contribution is 9.10. The second-order valence-corrected chi connectivity index (χ2v) is 5.34. The zero-order valence-electron chi connectivity index (χ0n) is 9.90. The van der Waals surface area contributed by atoms with Crippen molar-refractivity contribution in [2.24, 2.45) is 0 Å². The molecule has 1 aliphatic heterocycles. The zero-order chi connectivity index (χ0) is 13.4. The van der Waals surface area contributed by atoms with Gasteiger partial charge in [0.05, 0.1) is 12.0 Å². The number of ether oxygens (including phenoxy) is 1. The van der Waals surface area contributed by atoms with Gasteiger partial charge in [-0.25, -0.2) is 4.39 Å². The Morgan fingerprint density at radius 2 is 2.05 bits per heavy atom. The van der Waals surface area contributed by atoms with Crippen molar-refractivity contribution in [1.82, 2.24) is 0 Å². The van der Waals surface area contributed by atoms with Crippen molar-refractivity contribution in [2.45, 2.75) is 12.5 Å². The van der Waals surface area contributed by atoms with Crippen LogP contribution in [0.5, 0.6) is 5.75 Å². The smallest absolute Gasteiger partial charge is 0.170 e. The fourth-order valence-corrected chi connectivity index (χ4v) is 2.53. The number of ketones is 1. The maximum absolute atomic E-state index is 13.2. The largest absolute Gasteiger partial charge is 0.484 e. The molecule has 0 saturated carbocycles. The first-order valence-corrected chi connectivity index (χ1v) is 6.67. The van der Waals surface area contributed by atoms with E-state index in [0.29, 0.717) is 16.9 Å². The van der Waals surface area contributed by atoms with Crippen molar-refractivity contribution in [3.05, 3.63) is 63.9 Å². The summed E-state index contributed by atoms with van der Waals surface area (Å²) in [6.07, 6.45) is -0.192. The van der Waals surface area contributed by atoms with Crippen LogP contribution in [-0.2, 0) is 0 Å². The lowest BCUT2D eigenvalue weighted by atomic mass is 9.96. The lowest BCUT2D eigenvalue weighted by molar-refractivity contribution is 0.0849. The summed E-state index contributed by atoms with van der Waals surface area (Å²) in [7, 11) is 0. The minimum Gasteiger partial charge on any atom is -0.484 e. The van der Waals surface area contributed by atoms with Crippen molar-refractivity contribution < 1.29 is 13.9 Å². The third-order valence-corrected chi connectivity index (χ3v) is 3.60. The van der Waals surface area contributed by atoms with Crippen LogP contribution in [0.15, 0.2) is 46.9 Å². The molecule has 0 spiro atoms. The van der Waals surface area contributed by atoms with E-state index in [9.17, 15) is 9.18 Å². The van der Waals surface area contributed by atoms with Crippen LogP contribution < -0.4 is 4.74 Å². The van der Waals surface area contributed by atoms with E-state index in [2.05, 4.69) is 15.9 Å². The number of hydrogen-bond acceptors (Lipinski definition) is 2. The van der Waals surface area contributed by atoms with Crippen LogP contribution in [0.4, 0.5) is 4.39 Å². The molecule has 2 aromatic carbocycles. The third-order valence-electron chi connectivity index (χ3n) is 3.10. The van der Waals surface area contributed by atoms with E-state index >= 15 is 0 Å². The van der Waals surface area contributed by atoms with E-state index < -0.39 is 6.10 Å². The molecule has 0 radical (unpaired) electrons. The summed E-state index contributed by atoms with van der Waals surface area (Å²) in [5.41, 5.74) is 1.26. The summed E-state index contributed by atoms with van der Waals surface area (Å²) in [6, 6.07) is 11.5. The average molecular weight is 321 g/mol. The molecule has 2 aromatic rings. The Morgan fingerprint density at radius 1 is 1.21 bits per heavy atom. The van der Waals surface area contributed by atoms with Gasteiger partial charge in [-0.3, -0.25) is 4.79 Å². The van der Waals surface area contributed by atoms with Gasteiger partial charge >= 0.3 is 0 Å². The summed E-state index contributed by atoms with van der Waals surface area (Å²) < 4.78 is 19.9. The van der Waals surface area contributed by atoms with Crippen molar-refractivity contribution in [2.75, 3.05) is 0 Å². The number of Topliss-reactive ketones (excluding diaryl/α,β-unsaturated/α-hetero) is 1. The van der Waals surface area contributed by atoms with Crippen LogP contribution in [0, 0.1) is 5.82 Å². The zero-order valence-corrected chi connectivity index (χ0v) is 11.5. The van der Waals surface area contributed by atoms with Crippen LogP contribution in [0.25, 0.3) is 0 Å². The van der Waals surface area contributed by atoms with Crippen LogP contribution in [0.2, 0.25) is 0 Å². The summed E-state index contributed by atoms with van der Waals surface area (Å²) in [6.45, 7) is 0. The van der Waals surface area contributed by atoms with Gasteiger partial charge in [0.1, 0.15) is 17.7 Å². The minimum absolute atomic E-state index is 0.0167. The van der Waals surface area contributed by atoms with E-state index in [1.54, 1.807) is 24.3 Å². The van der Waals surface area contributed by atoms with E-state index in [1.165, 1.54) is 12.1 Å². The molecule has 2 nitrogen and oxygen atoms in total. The Balaban J connectivity index is 1.98. The van der Waals surface area contributed by atoms with Crippen LogP contribution in [-0.4, -0.2) is 5.78 Å². The van der Waals surface area contributed by atoms with Crippen LogP contribution >= 0.6 is 15.9 Å². The predicted octanol–water partition coefficient (Wildman–Crippen LogP) is 4.29. The highest BCUT2D eigenvalue weighted by atomic mass is 79.9. The highest BCUT2D eigenvalue weighted by Crippen LogP contribution is 2.36. The number of halogens is 2. The first-order chi connectivity index (χ1) is 9.13. The topological polar surface area (TPSA) is 26.3 Å². The molecule has 96 valence electrons. The van der Waals surface area contributed by atoms with Gasteiger partial charge in [-0.05, 0) is 35.9 Å². The van der Waals surface area contributed by atoms with Crippen molar-refractivity contribution in [1.29, 1.82) is 0 Å². The minimum atomic E-state index is -0.426. The second kappa shape index (κ2) is 4.78. The lowest BCUT2D eigenvalue weighted by Gasteiger charge is -2.25. The molecule has 19 heavy (non-hydrogen) atoms. The Labute approximate surface area is 118 Å². The Kier molecular flexibility index (Phi) is 3.11. The molecule has 0 amide bonds. The van der Waals surface area contributed by atoms with E-state index in [1.807, 2.05) is 6.07 Å². The fraction of sp³-hybridized carbons (Fsp3) is 0.133. The number of carbonyl (C=O) groups excluding carboxylic acids is 1. The molecule has 0 aromatic heterocycles. The van der Waals surface area contributed by atoms with Gasteiger partial charge in [-0.1, -0.05) is 28.1 Å². The third kappa shape index (κ3) is 2.40. The highest BCUT2D eigenvalue weighted by Gasteiger charge is 2.27. The van der Waals surface area contributed by atoms with Gasteiger partial charge in [0.25, 0.3) is 0 Å². The first-order valence-electron chi connectivity index (χ1n) is 5.88. The molecule has 4 heteroatoms. The number of hydrogen-bond donors (Lipinski definition) is 0. The van der Waals surface area contributed by atoms with Gasteiger partial charge in [0.15, 0.2) is 5.78 Å². The molecule has 1 heterocycles. The number of fused-ring (bicyclic) bond motifs is 1. The fourth-order valence-electron chi connectivity index (χ4n) is 2.19. The quantitative estimate of drug-likeness (QED) is 0.783. The normalized spacial score (nSPS) is 17.8. The summed E-state index contributed by atoms with van der Waals surface area (Å²) >= 11 is 3.35. The van der Waals surface area contributed by atoms with Gasteiger partial charge in [-0.2, -0.15) is 0 Å². The van der Waals surface area contributed by atoms with E-state index in [-0.39, 0.29) is 18.0 Å². The van der Waals surface area contributed by atoms with Gasteiger partial charge < -0.3 is 4.74 Å². The van der Waals surface area contributed by atoms with E-state index in [4.69, 9.17) is 4.74 Å². The van der Waals surface area contributed by atoms with Crippen molar-refractivity contribution in [3.63, 3.8) is 0 Å². The summed E-state index contributed by atoms with van der Waals surface area (Å²) in [5, 5.41) is 0. The summed E-state index contributed by atoms with van der Waals surface area (Å²) in [4.78, 5) is 12.1. The maximum atomic E-state index is 13.2. The molecular weight excluding hydrogens is 311 g/mol. The monoisotopic (exact) mass is 320 g/mol. The molecule has 0 saturated heterocycles. The average Bonchev–Trinajstić information content (AvgIpc) is 2.38. The van der Waals surface area contributed by atoms with Crippen LogP contribution in [0.3, 0.4) is 0 Å². The molecule has 0 aliphatic carbocycles. The number of benzene rings is 2. The van der Waals surface area contributed by atoms with Crippen molar-refractivity contribution >= 4 is 21.7 Å². The Hall–Kier alpha value is -1.68. The molecule has 1 unspecified atom stereocenters.